The molecule has 22 heavy (non-hydrogen) atoms. The third kappa shape index (κ3) is 4.87. The molecule has 1 unspecified atom stereocenters. The molecule has 0 aliphatic rings. The van der Waals surface area contributed by atoms with Crippen molar-refractivity contribution in [1.82, 2.24) is 0 Å². The third-order valence-corrected chi connectivity index (χ3v) is 8.81. The number of hydrogen-bond acceptors (Lipinski definition) is 3. The summed E-state index contributed by atoms with van der Waals surface area (Å²) in [5.74, 6) is 0.620. The van der Waals surface area contributed by atoms with E-state index in [1.54, 1.807) is 24.3 Å². The summed E-state index contributed by atoms with van der Waals surface area (Å²) in [5.41, 5.74) is 0.437. The summed E-state index contributed by atoms with van der Waals surface area (Å²) in [6.45, 7) is 15.2. The van der Waals surface area contributed by atoms with E-state index < -0.39 is 8.32 Å². The summed E-state index contributed by atoms with van der Waals surface area (Å²) in [6, 6.07) is 7.05. The molecule has 0 radical (unpaired) electrons. The van der Waals surface area contributed by atoms with Crippen molar-refractivity contribution >= 4 is 19.9 Å². The molecule has 0 amide bonds. The molecule has 0 aliphatic heterocycles. The summed E-state index contributed by atoms with van der Waals surface area (Å²) < 4.78 is 12.0. The fraction of sp³-hybridized carbons (Fsp3) is 0.471. The second kappa shape index (κ2) is 7.32. The molecule has 120 valence electrons. The van der Waals surface area contributed by atoms with Gasteiger partial charge < -0.3 is 9.16 Å². The maximum absolute atomic E-state index is 8.87. The maximum Gasteiger partial charge on any atom is 0.193 e. The zero-order valence-electron chi connectivity index (χ0n) is 13.9. The molecule has 0 spiro atoms. The Kier molecular flexibility index (Phi) is 6.24. The first-order chi connectivity index (χ1) is 10.1. The Labute approximate surface area is 139 Å². The molecule has 0 N–H and O–H groups in total. The first kappa shape index (κ1) is 18.8. The van der Waals surface area contributed by atoms with Gasteiger partial charge in [-0.05, 0) is 30.3 Å². The van der Waals surface area contributed by atoms with E-state index in [-0.39, 0.29) is 11.1 Å². The molecule has 0 saturated heterocycles. The van der Waals surface area contributed by atoms with E-state index in [1.165, 1.54) is 0 Å². The molecule has 1 aromatic carbocycles. The third-order valence-electron chi connectivity index (χ3n) is 3.99. The largest absolute Gasteiger partial charge is 0.491 e. The molecular weight excluding hydrogens is 314 g/mol. The first-order valence-electron chi connectivity index (χ1n) is 7.23. The maximum atomic E-state index is 8.87. The second-order valence-corrected chi connectivity index (χ2v) is 11.9. The van der Waals surface area contributed by atoms with Gasteiger partial charge in [0.1, 0.15) is 18.4 Å². The fourth-order valence-corrected chi connectivity index (χ4v) is 3.05. The van der Waals surface area contributed by atoms with Crippen molar-refractivity contribution in [3.05, 3.63) is 41.4 Å². The highest BCUT2D eigenvalue weighted by Crippen LogP contribution is 2.37. The first-order valence-corrected chi connectivity index (χ1v) is 10.5. The minimum absolute atomic E-state index is 0.131. The Balaban J connectivity index is 2.71. The van der Waals surface area contributed by atoms with Crippen LogP contribution in [0.4, 0.5) is 0 Å². The van der Waals surface area contributed by atoms with E-state index >= 15 is 0 Å². The van der Waals surface area contributed by atoms with E-state index in [0.29, 0.717) is 22.9 Å². The van der Waals surface area contributed by atoms with Gasteiger partial charge in [0, 0.05) is 6.07 Å². The number of halogens is 1. The Morgan fingerprint density at radius 1 is 1.41 bits per heavy atom. The van der Waals surface area contributed by atoms with E-state index in [2.05, 4.69) is 40.4 Å². The van der Waals surface area contributed by atoms with Crippen molar-refractivity contribution in [3.63, 3.8) is 0 Å². The zero-order chi connectivity index (χ0) is 17.0. The number of benzene rings is 1. The lowest BCUT2D eigenvalue weighted by Gasteiger charge is -2.38. The van der Waals surface area contributed by atoms with Crippen LogP contribution in [-0.2, 0) is 4.43 Å². The normalized spacial score (nSPS) is 13.3. The lowest BCUT2D eigenvalue weighted by molar-refractivity contribution is 0.150. The number of ether oxygens (including phenoxy) is 1. The average Bonchev–Trinajstić information content (AvgIpc) is 2.42. The van der Waals surface area contributed by atoms with Gasteiger partial charge in [0.15, 0.2) is 8.32 Å². The van der Waals surface area contributed by atoms with Gasteiger partial charge >= 0.3 is 0 Å². The van der Waals surface area contributed by atoms with E-state index in [0.717, 1.165) is 0 Å². The lowest BCUT2D eigenvalue weighted by atomic mass is 10.2. The number of hydrogen-bond donors (Lipinski definition) is 0. The van der Waals surface area contributed by atoms with Gasteiger partial charge in [0.25, 0.3) is 0 Å². The SMILES string of the molecule is C=CC(COc1ccc(C#N)c(Cl)c1)O[Si](C)(C)C(C)(C)C. The van der Waals surface area contributed by atoms with Gasteiger partial charge in [-0.2, -0.15) is 5.26 Å². The molecule has 0 heterocycles. The van der Waals surface area contributed by atoms with Gasteiger partial charge in [-0.1, -0.05) is 38.4 Å². The molecule has 0 saturated carbocycles. The molecular formula is C17H24ClNO2Si. The summed E-state index contributed by atoms with van der Waals surface area (Å²) >= 11 is 6.00. The van der Waals surface area contributed by atoms with Crippen LogP contribution in [-0.4, -0.2) is 21.0 Å². The summed E-state index contributed by atoms with van der Waals surface area (Å²) in [6.07, 6.45) is 1.60. The van der Waals surface area contributed by atoms with Crippen molar-refractivity contribution in [2.75, 3.05) is 6.61 Å². The Bertz CT molecular complexity index is 573. The van der Waals surface area contributed by atoms with Crippen LogP contribution in [0, 0.1) is 11.3 Å². The van der Waals surface area contributed by atoms with Crippen LogP contribution in [0.3, 0.4) is 0 Å². The highest BCUT2D eigenvalue weighted by molar-refractivity contribution is 6.74. The molecule has 5 heteroatoms. The second-order valence-electron chi connectivity index (χ2n) is 6.72. The average molecular weight is 338 g/mol. The summed E-state index contributed by atoms with van der Waals surface area (Å²) in [4.78, 5) is 0. The molecule has 0 aliphatic carbocycles. The number of nitrogens with zero attached hydrogens (tertiary/aromatic N) is 1. The van der Waals surface area contributed by atoms with Crippen LogP contribution >= 0.6 is 11.6 Å². The van der Waals surface area contributed by atoms with Crippen LogP contribution in [0.15, 0.2) is 30.9 Å². The van der Waals surface area contributed by atoms with E-state index in [1.807, 2.05) is 6.07 Å². The lowest BCUT2D eigenvalue weighted by Crippen LogP contribution is -2.44. The standard InChI is InChI=1S/C17H24ClNO2Si/c1-7-14(21-22(5,6)17(2,3)4)12-20-15-9-8-13(11-19)16(18)10-15/h7-10,14H,1,12H2,2-6H3. The van der Waals surface area contributed by atoms with Crippen LogP contribution in [0.25, 0.3) is 0 Å². The molecule has 1 atom stereocenters. The van der Waals surface area contributed by atoms with E-state index in [4.69, 9.17) is 26.0 Å². The minimum Gasteiger partial charge on any atom is -0.491 e. The highest BCUT2D eigenvalue weighted by Gasteiger charge is 2.38. The Morgan fingerprint density at radius 2 is 2.05 bits per heavy atom. The quantitative estimate of drug-likeness (QED) is 0.531. The smallest absolute Gasteiger partial charge is 0.193 e. The van der Waals surface area contributed by atoms with E-state index in [9.17, 15) is 0 Å². The summed E-state index contributed by atoms with van der Waals surface area (Å²) in [5, 5.41) is 9.39. The fourth-order valence-electron chi connectivity index (χ4n) is 1.56. The van der Waals surface area contributed by atoms with Crippen LogP contribution in [0.1, 0.15) is 26.3 Å². The minimum atomic E-state index is -1.87. The van der Waals surface area contributed by atoms with Crippen molar-refractivity contribution in [2.45, 2.75) is 45.0 Å². The molecule has 3 nitrogen and oxygen atoms in total. The van der Waals surface area contributed by atoms with Gasteiger partial charge in [-0.25, -0.2) is 0 Å². The van der Waals surface area contributed by atoms with Crippen molar-refractivity contribution in [3.8, 4) is 11.8 Å². The predicted molar refractivity (Wildman–Crippen MR) is 93.9 cm³/mol. The van der Waals surface area contributed by atoms with Gasteiger partial charge in [0.05, 0.1) is 16.7 Å². The van der Waals surface area contributed by atoms with Gasteiger partial charge in [-0.3, -0.25) is 0 Å². The van der Waals surface area contributed by atoms with Gasteiger partial charge in [-0.15, -0.1) is 6.58 Å². The topological polar surface area (TPSA) is 42.2 Å². The van der Waals surface area contributed by atoms with Crippen molar-refractivity contribution in [2.24, 2.45) is 0 Å². The molecule has 0 aromatic heterocycles. The van der Waals surface area contributed by atoms with Crippen molar-refractivity contribution in [1.29, 1.82) is 5.26 Å². The van der Waals surface area contributed by atoms with Crippen molar-refractivity contribution < 1.29 is 9.16 Å². The Morgan fingerprint density at radius 3 is 2.50 bits per heavy atom. The number of nitriles is 1. The molecule has 0 fully saturated rings. The van der Waals surface area contributed by atoms with Crippen LogP contribution in [0.2, 0.25) is 23.2 Å². The monoisotopic (exact) mass is 337 g/mol. The van der Waals surface area contributed by atoms with Crippen LogP contribution in [0.5, 0.6) is 5.75 Å². The predicted octanol–water partition coefficient (Wildman–Crippen LogP) is 5.17. The molecule has 0 bridgehead atoms. The highest BCUT2D eigenvalue weighted by atomic mass is 35.5. The number of rotatable bonds is 6. The van der Waals surface area contributed by atoms with Gasteiger partial charge in [0.2, 0.25) is 0 Å². The zero-order valence-corrected chi connectivity index (χ0v) is 15.7. The Hall–Kier alpha value is -1.28. The molecule has 1 aromatic rings. The summed E-state index contributed by atoms with van der Waals surface area (Å²) in [7, 11) is -1.87. The van der Waals surface area contributed by atoms with Crippen LogP contribution < -0.4 is 4.74 Å². The molecule has 1 rings (SSSR count).